The van der Waals surface area contributed by atoms with Gasteiger partial charge in [0.25, 0.3) is 0 Å². The zero-order valence-corrected chi connectivity index (χ0v) is 12.2. The van der Waals surface area contributed by atoms with E-state index in [1.807, 2.05) is 24.3 Å². The predicted molar refractivity (Wildman–Crippen MR) is 78.8 cm³/mol. The van der Waals surface area contributed by atoms with Gasteiger partial charge in [0, 0.05) is 17.6 Å². The number of hydrogen-bond acceptors (Lipinski definition) is 2. The molecule has 2 aliphatic rings. The van der Waals surface area contributed by atoms with Crippen molar-refractivity contribution < 1.29 is 9.53 Å². The summed E-state index contributed by atoms with van der Waals surface area (Å²) in [5, 5.41) is 0. The first-order valence-electron chi connectivity index (χ1n) is 7.72. The molecule has 20 heavy (non-hydrogen) atoms. The molecule has 3 heteroatoms. The van der Waals surface area contributed by atoms with Crippen LogP contribution in [-0.4, -0.2) is 30.0 Å². The Bertz CT molecular complexity index is 476. The van der Waals surface area contributed by atoms with E-state index >= 15 is 0 Å². The number of ether oxygens (including phenoxy) is 1. The van der Waals surface area contributed by atoms with Crippen molar-refractivity contribution in [3.8, 4) is 5.75 Å². The highest BCUT2D eigenvalue weighted by Gasteiger charge is 2.38. The van der Waals surface area contributed by atoms with E-state index in [9.17, 15) is 4.79 Å². The van der Waals surface area contributed by atoms with Crippen LogP contribution < -0.4 is 4.74 Å². The highest BCUT2D eigenvalue weighted by atomic mass is 16.5. The molecule has 2 aliphatic carbocycles. The number of hydrogen-bond donors (Lipinski definition) is 0. The number of methoxy groups -OCH3 is 1. The van der Waals surface area contributed by atoms with Gasteiger partial charge in [-0.05, 0) is 31.7 Å². The average Bonchev–Trinajstić information content (AvgIpc) is 3.14. The zero-order chi connectivity index (χ0) is 13.9. The van der Waals surface area contributed by atoms with Gasteiger partial charge in [-0.2, -0.15) is 0 Å². The molecule has 3 nitrogen and oxygen atoms in total. The van der Waals surface area contributed by atoms with Crippen LogP contribution in [0, 0.1) is 0 Å². The van der Waals surface area contributed by atoms with E-state index in [4.69, 9.17) is 4.74 Å². The Morgan fingerprint density at radius 1 is 1.15 bits per heavy atom. The van der Waals surface area contributed by atoms with Gasteiger partial charge >= 0.3 is 0 Å². The Balaban J connectivity index is 1.73. The first kappa shape index (κ1) is 13.5. The molecule has 1 aromatic rings. The second-order valence-corrected chi connectivity index (χ2v) is 5.96. The number of para-hydroxylation sites is 1. The molecule has 0 spiro atoms. The fourth-order valence-corrected chi connectivity index (χ4v) is 3.34. The number of benzene rings is 1. The van der Waals surface area contributed by atoms with Crippen LogP contribution in [0.1, 0.15) is 44.1 Å². The van der Waals surface area contributed by atoms with Crippen LogP contribution >= 0.6 is 0 Å². The number of carbonyl (C=O) groups is 1. The molecule has 0 aromatic heterocycles. The van der Waals surface area contributed by atoms with Crippen molar-refractivity contribution >= 4 is 5.91 Å². The summed E-state index contributed by atoms with van der Waals surface area (Å²) in [6.07, 6.45) is 7.77. The van der Waals surface area contributed by atoms with Gasteiger partial charge in [0.15, 0.2) is 0 Å². The summed E-state index contributed by atoms with van der Waals surface area (Å²) in [5.41, 5.74) is 1.00. The van der Waals surface area contributed by atoms with Gasteiger partial charge in [-0.15, -0.1) is 0 Å². The Hall–Kier alpha value is -1.51. The molecule has 0 heterocycles. The van der Waals surface area contributed by atoms with E-state index in [2.05, 4.69) is 4.90 Å². The fraction of sp³-hybridized carbons (Fsp3) is 0.588. The minimum atomic E-state index is 0.281. The van der Waals surface area contributed by atoms with Crippen molar-refractivity contribution in [1.29, 1.82) is 0 Å². The van der Waals surface area contributed by atoms with Gasteiger partial charge in [-0.1, -0.05) is 31.0 Å². The molecule has 3 rings (SSSR count). The lowest BCUT2D eigenvalue weighted by molar-refractivity contribution is -0.133. The molecule has 0 bridgehead atoms. The molecule has 0 saturated heterocycles. The first-order chi connectivity index (χ1) is 9.79. The second-order valence-electron chi connectivity index (χ2n) is 5.96. The lowest BCUT2D eigenvalue weighted by atomic mass is 10.1. The third-order valence-corrected chi connectivity index (χ3v) is 4.48. The predicted octanol–water partition coefficient (Wildman–Crippen LogP) is 3.17. The monoisotopic (exact) mass is 273 g/mol. The van der Waals surface area contributed by atoms with Gasteiger partial charge in [0.05, 0.1) is 13.5 Å². The SMILES string of the molecule is COc1ccccc1CC(=O)N(C1CCCC1)C1CC1. The molecule has 0 unspecified atom stereocenters. The average molecular weight is 273 g/mol. The number of rotatable bonds is 5. The van der Waals surface area contributed by atoms with E-state index in [1.165, 1.54) is 38.5 Å². The van der Waals surface area contributed by atoms with Crippen molar-refractivity contribution in [2.75, 3.05) is 7.11 Å². The Morgan fingerprint density at radius 2 is 1.80 bits per heavy atom. The molecule has 108 valence electrons. The smallest absolute Gasteiger partial charge is 0.227 e. The Kier molecular flexibility index (Phi) is 3.95. The Morgan fingerprint density at radius 3 is 2.45 bits per heavy atom. The lowest BCUT2D eigenvalue weighted by Gasteiger charge is -2.29. The highest BCUT2D eigenvalue weighted by Crippen LogP contribution is 2.35. The maximum atomic E-state index is 12.7. The summed E-state index contributed by atoms with van der Waals surface area (Å²) >= 11 is 0. The lowest BCUT2D eigenvalue weighted by Crippen LogP contribution is -2.41. The third kappa shape index (κ3) is 2.82. The summed E-state index contributed by atoms with van der Waals surface area (Å²) in [7, 11) is 1.67. The van der Waals surface area contributed by atoms with E-state index in [0.717, 1.165) is 11.3 Å². The van der Waals surface area contributed by atoms with E-state index < -0.39 is 0 Å². The maximum Gasteiger partial charge on any atom is 0.227 e. The van der Waals surface area contributed by atoms with Crippen molar-refractivity contribution in [3.05, 3.63) is 29.8 Å². The quantitative estimate of drug-likeness (QED) is 0.824. The van der Waals surface area contributed by atoms with Crippen LogP contribution in [0.4, 0.5) is 0 Å². The van der Waals surface area contributed by atoms with Crippen molar-refractivity contribution in [2.45, 2.75) is 57.0 Å². The summed E-state index contributed by atoms with van der Waals surface area (Å²) in [6, 6.07) is 8.85. The number of nitrogens with zero attached hydrogens (tertiary/aromatic N) is 1. The fourth-order valence-electron chi connectivity index (χ4n) is 3.34. The largest absolute Gasteiger partial charge is 0.496 e. The molecular formula is C17H23NO2. The van der Waals surface area contributed by atoms with Crippen molar-refractivity contribution in [1.82, 2.24) is 4.90 Å². The standard InChI is InChI=1S/C17H23NO2/c1-20-16-9-5-2-6-13(16)12-17(19)18(15-10-11-15)14-7-3-4-8-14/h2,5-6,9,14-15H,3-4,7-8,10-12H2,1H3. The summed E-state index contributed by atoms with van der Waals surface area (Å²) < 4.78 is 5.36. The van der Waals surface area contributed by atoms with Crippen LogP contribution in [0.2, 0.25) is 0 Å². The summed E-state index contributed by atoms with van der Waals surface area (Å²) in [4.78, 5) is 14.9. The van der Waals surface area contributed by atoms with Gasteiger partial charge in [0.2, 0.25) is 5.91 Å². The molecule has 0 radical (unpaired) electrons. The topological polar surface area (TPSA) is 29.5 Å². The molecular weight excluding hydrogens is 250 g/mol. The minimum Gasteiger partial charge on any atom is -0.496 e. The highest BCUT2D eigenvalue weighted by molar-refractivity contribution is 5.80. The minimum absolute atomic E-state index is 0.281. The van der Waals surface area contributed by atoms with Gasteiger partial charge in [-0.3, -0.25) is 4.79 Å². The van der Waals surface area contributed by atoms with Crippen LogP contribution in [0.5, 0.6) is 5.75 Å². The third-order valence-electron chi connectivity index (χ3n) is 4.48. The number of carbonyl (C=O) groups excluding carboxylic acids is 1. The normalized spacial score (nSPS) is 19.1. The summed E-state index contributed by atoms with van der Waals surface area (Å²) in [6.45, 7) is 0. The maximum absolute atomic E-state index is 12.7. The van der Waals surface area contributed by atoms with Crippen molar-refractivity contribution in [2.24, 2.45) is 0 Å². The second kappa shape index (κ2) is 5.86. The van der Waals surface area contributed by atoms with E-state index in [-0.39, 0.29) is 5.91 Å². The van der Waals surface area contributed by atoms with Gasteiger partial charge < -0.3 is 9.64 Å². The molecule has 2 saturated carbocycles. The zero-order valence-electron chi connectivity index (χ0n) is 12.2. The molecule has 1 aromatic carbocycles. The Labute approximate surface area is 120 Å². The van der Waals surface area contributed by atoms with E-state index in [0.29, 0.717) is 18.5 Å². The van der Waals surface area contributed by atoms with Crippen LogP contribution in [0.25, 0.3) is 0 Å². The van der Waals surface area contributed by atoms with Gasteiger partial charge in [-0.25, -0.2) is 0 Å². The van der Waals surface area contributed by atoms with Crippen molar-refractivity contribution in [3.63, 3.8) is 0 Å². The molecule has 2 fully saturated rings. The van der Waals surface area contributed by atoms with Gasteiger partial charge in [0.1, 0.15) is 5.75 Å². The molecule has 1 amide bonds. The molecule has 0 atom stereocenters. The van der Waals surface area contributed by atoms with Crippen LogP contribution in [0.3, 0.4) is 0 Å². The molecule has 0 N–H and O–H groups in total. The van der Waals surface area contributed by atoms with E-state index in [1.54, 1.807) is 7.11 Å². The van der Waals surface area contributed by atoms with Crippen LogP contribution in [0.15, 0.2) is 24.3 Å². The molecule has 0 aliphatic heterocycles. The van der Waals surface area contributed by atoms with Crippen LogP contribution in [-0.2, 0) is 11.2 Å². The first-order valence-corrected chi connectivity index (χ1v) is 7.72. The number of amides is 1. The summed E-state index contributed by atoms with van der Waals surface area (Å²) in [5.74, 6) is 1.10.